The Morgan fingerprint density at radius 3 is 3.05 bits per heavy atom. The number of nitrogens with zero attached hydrogens (tertiary/aromatic N) is 4. The van der Waals surface area contributed by atoms with Crippen LogP contribution in [0.1, 0.15) is 0 Å². The second kappa shape index (κ2) is 7.22. The summed E-state index contributed by atoms with van der Waals surface area (Å²) in [5.74, 6) is 0.528. The second-order valence-corrected chi connectivity index (χ2v) is 5.47. The summed E-state index contributed by atoms with van der Waals surface area (Å²) in [5, 5.41) is 12.5. The summed E-state index contributed by atoms with van der Waals surface area (Å²) in [6, 6.07) is 1.70. The average molecular weight is 299 g/mol. The van der Waals surface area contributed by atoms with Crippen LogP contribution in [0.25, 0.3) is 0 Å². The Hall–Kier alpha value is -1.45. The molecule has 2 aromatic rings. The normalized spacial score (nSPS) is 10.4. The molecule has 0 amide bonds. The first-order chi connectivity index (χ1) is 9.31. The summed E-state index contributed by atoms with van der Waals surface area (Å²) in [7, 11) is 3.22. The molecule has 0 unspecified atom stereocenters. The van der Waals surface area contributed by atoms with E-state index < -0.39 is 0 Å². The van der Waals surface area contributed by atoms with Crippen LogP contribution in [0.2, 0.25) is 0 Å². The number of ether oxygens (including phenoxy) is 2. The predicted molar refractivity (Wildman–Crippen MR) is 73.0 cm³/mol. The largest absolute Gasteiger partial charge is 0.481 e. The van der Waals surface area contributed by atoms with E-state index in [9.17, 15) is 0 Å². The van der Waals surface area contributed by atoms with Gasteiger partial charge in [-0.25, -0.2) is 4.98 Å². The molecule has 0 saturated carbocycles. The van der Waals surface area contributed by atoms with Gasteiger partial charge in [-0.3, -0.25) is 0 Å². The molecule has 19 heavy (non-hydrogen) atoms. The van der Waals surface area contributed by atoms with Gasteiger partial charge in [-0.1, -0.05) is 11.3 Å². The minimum Gasteiger partial charge on any atom is -0.481 e. The van der Waals surface area contributed by atoms with Gasteiger partial charge in [0, 0.05) is 25.9 Å². The lowest BCUT2D eigenvalue weighted by atomic mass is 10.6. The quantitative estimate of drug-likeness (QED) is 0.609. The Bertz CT molecular complexity index is 522. The molecule has 0 aliphatic rings. The Labute approximate surface area is 118 Å². The topological polar surface area (TPSA) is 82.0 Å². The maximum absolute atomic E-state index is 5.04. The molecule has 0 aliphatic heterocycles. The molecule has 0 fully saturated rings. The number of rotatable bonds is 7. The maximum atomic E-state index is 5.04. The third kappa shape index (κ3) is 4.30. The highest BCUT2D eigenvalue weighted by Crippen LogP contribution is 2.30. The molecule has 2 aromatic heterocycles. The summed E-state index contributed by atoms with van der Waals surface area (Å²) in [5.41, 5.74) is 0. The lowest BCUT2D eigenvalue weighted by Crippen LogP contribution is -2.06. The van der Waals surface area contributed by atoms with Crippen LogP contribution in [0, 0.1) is 0 Å². The number of anilines is 1. The van der Waals surface area contributed by atoms with E-state index in [1.54, 1.807) is 26.5 Å². The van der Waals surface area contributed by atoms with Crippen molar-refractivity contribution >= 4 is 28.2 Å². The number of nitrogens with one attached hydrogen (secondary N) is 1. The van der Waals surface area contributed by atoms with Crippen molar-refractivity contribution < 1.29 is 9.47 Å². The van der Waals surface area contributed by atoms with Gasteiger partial charge in [0.15, 0.2) is 9.50 Å². The van der Waals surface area contributed by atoms with Crippen molar-refractivity contribution in [3.63, 3.8) is 0 Å². The van der Waals surface area contributed by atoms with Gasteiger partial charge >= 0.3 is 0 Å². The highest BCUT2D eigenvalue weighted by atomic mass is 32.2. The smallest absolute Gasteiger partial charge is 0.217 e. The molecular weight excluding hydrogens is 286 g/mol. The average Bonchev–Trinajstić information content (AvgIpc) is 2.87. The Morgan fingerprint density at radius 2 is 2.26 bits per heavy atom. The first-order valence-corrected chi connectivity index (χ1v) is 7.06. The molecule has 0 aromatic carbocycles. The van der Waals surface area contributed by atoms with E-state index in [-0.39, 0.29) is 0 Å². The molecular formula is C10H13N5O2S2. The van der Waals surface area contributed by atoms with E-state index in [0.29, 0.717) is 24.2 Å². The van der Waals surface area contributed by atoms with E-state index >= 15 is 0 Å². The third-order valence-electron chi connectivity index (χ3n) is 1.98. The molecule has 1 N–H and O–H groups in total. The monoisotopic (exact) mass is 299 g/mol. The van der Waals surface area contributed by atoms with E-state index in [1.807, 2.05) is 0 Å². The van der Waals surface area contributed by atoms with Crippen molar-refractivity contribution in [2.75, 3.05) is 32.7 Å². The summed E-state index contributed by atoms with van der Waals surface area (Å²) in [6.07, 6.45) is 1.65. The van der Waals surface area contributed by atoms with Gasteiger partial charge in [-0.2, -0.15) is 4.98 Å². The molecule has 2 rings (SSSR count). The molecule has 2 heterocycles. The van der Waals surface area contributed by atoms with Crippen molar-refractivity contribution in [3.05, 3.63) is 12.3 Å². The first kappa shape index (κ1) is 14.0. The fourth-order valence-electron chi connectivity index (χ4n) is 1.15. The summed E-state index contributed by atoms with van der Waals surface area (Å²) in [4.78, 5) is 8.34. The molecule has 0 atom stereocenters. The van der Waals surface area contributed by atoms with E-state index in [1.165, 1.54) is 23.1 Å². The minimum atomic E-state index is 0.528. The van der Waals surface area contributed by atoms with E-state index in [0.717, 1.165) is 9.47 Å². The zero-order chi connectivity index (χ0) is 13.5. The number of hydrogen-bond donors (Lipinski definition) is 1. The summed E-state index contributed by atoms with van der Waals surface area (Å²) < 4.78 is 10.8. The molecule has 102 valence electrons. The first-order valence-electron chi connectivity index (χ1n) is 5.43. The molecule has 0 bridgehead atoms. The van der Waals surface area contributed by atoms with Crippen molar-refractivity contribution in [2.45, 2.75) is 9.50 Å². The zero-order valence-electron chi connectivity index (χ0n) is 10.5. The minimum absolute atomic E-state index is 0.528. The Balaban J connectivity index is 1.95. The van der Waals surface area contributed by atoms with E-state index in [2.05, 4.69) is 25.5 Å². The van der Waals surface area contributed by atoms with Crippen molar-refractivity contribution in [1.29, 1.82) is 0 Å². The van der Waals surface area contributed by atoms with Gasteiger partial charge in [0.2, 0.25) is 11.0 Å². The lowest BCUT2D eigenvalue weighted by Gasteiger charge is -1.99. The van der Waals surface area contributed by atoms with Crippen LogP contribution in [0.4, 0.5) is 5.13 Å². The fourth-order valence-corrected chi connectivity index (χ4v) is 2.77. The van der Waals surface area contributed by atoms with Gasteiger partial charge in [-0.15, -0.1) is 10.2 Å². The van der Waals surface area contributed by atoms with Crippen LogP contribution < -0.4 is 10.1 Å². The van der Waals surface area contributed by atoms with Crippen molar-refractivity contribution in [2.24, 2.45) is 0 Å². The molecule has 9 heteroatoms. The summed E-state index contributed by atoms with van der Waals surface area (Å²) in [6.45, 7) is 1.33. The van der Waals surface area contributed by atoms with E-state index in [4.69, 9.17) is 9.47 Å². The van der Waals surface area contributed by atoms with Gasteiger partial charge in [0.1, 0.15) is 0 Å². The molecule has 0 radical (unpaired) electrons. The van der Waals surface area contributed by atoms with Crippen LogP contribution in [0.3, 0.4) is 0 Å². The predicted octanol–water partition coefficient (Wildman–Crippen LogP) is 1.55. The Morgan fingerprint density at radius 1 is 1.37 bits per heavy atom. The van der Waals surface area contributed by atoms with Crippen LogP contribution >= 0.6 is 23.1 Å². The third-order valence-corrected chi connectivity index (χ3v) is 3.80. The fraction of sp³-hybridized carbons (Fsp3) is 0.400. The van der Waals surface area contributed by atoms with Crippen LogP contribution in [-0.2, 0) is 4.74 Å². The lowest BCUT2D eigenvalue weighted by molar-refractivity contribution is 0.211. The van der Waals surface area contributed by atoms with Gasteiger partial charge in [0.05, 0.1) is 13.7 Å². The molecule has 7 nitrogen and oxygen atoms in total. The van der Waals surface area contributed by atoms with Crippen LogP contribution in [0.15, 0.2) is 21.8 Å². The number of aromatic nitrogens is 4. The highest BCUT2D eigenvalue weighted by Gasteiger charge is 2.08. The molecule has 0 aliphatic carbocycles. The molecule has 0 spiro atoms. The Kier molecular flexibility index (Phi) is 5.31. The summed E-state index contributed by atoms with van der Waals surface area (Å²) >= 11 is 2.79. The standard InChI is InChI=1S/C10H13N5O2S2/c1-16-6-5-12-9-14-15-10(19-9)18-8-11-4-3-7(13-8)17-2/h3-4H,5-6H2,1-2H3,(H,12,14). The van der Waals surface area contributed by atoms with Crippen LogP contribution in [-0.4, -0.2) is 47.5 Å². The van der Waals surface area contributed by atoms with Crippen molar-refractivity contribution in [3.8, 4) is 5.88 Å². The zero-order valence-corrected chi connectivity index (χ0v) is 12.1. The SMILES string of the molecule is COCCNc1nnc(Sc2nccc(OC)n2)s1. The van der Waals surface area contributed by atoms with Gasteiger partial charge < -0.3 is 14.8 Å². The van der Waals surface area contributed by atoms with Crippen LogP contribution in [0.5, 0.6) is 5.88 Å². The molecule has 0 saturated heterocycles. The van der Waals surface area contributed by atoms with Crippen molar-refractivity contribution in [1.82, 2.24) is 20.2 Å². The van der Waals surface area contributed by atoms with Gasteiger partial charge in [0.25, 0.3) is 0 Å². The highest BCUT2D eigenvalue weighted by molar-refractivity contribution is 8.00. The van der Waals surface area contributed by atoms with Gasteiger partial charge in [-0.05, 0) is 11.8 Å². The second-order valence-electron chi connectivity index (χ2n) is 3.28. The maximum Gasteiger partial charge on any atom is 0.217 e. The number of hydrogen-bond acceptors (Lipinski definition) is 9. The number of methoxy groups -OCH3 is 2.